The molecule has 0 aromatic carbocycles. The van der Waals surface area contributed by atoms with Gasteiger partial charge >= 0.3 is 0 Å². The van der Waals surface area contributed by atoms with Crippen LogP contribution in [0.15, 0.2) is 0 Å². The lowest BCUT2D eigenvalue weighted by molar-refractivity contribution is -0.123. The molecule has 0 rings (SSSR count). The van der Waals surface area contributed by atoms with E-state index in [1.165, 1.54) is 0 Å². The second-order valence-corrected chi connectivity index (χ2v) is 6.36. The third-order valence-corrected chi connectivity index (χ3v) is 3.27. The molecular weight excluding hydrogens is 274 g/mol. The summed E-state index contributed by atoms with van der Waals surface area (Å²) in [6.07, 6.45) is 3.07. The Morgan fingerprint density at radius 2 is 2.00 bits per heavy atom. The van der Waals surface area contributed by atoms with Gasteiger partial charge in [-0.05, 0) is 12.8 Å². The fraction of sp³-hybridized carbons (Fsp3) is 0.800. The zero-order valence-corrected chi connectivity index (χ0v) is 12.4. The number of hydrogen-bond acceptors (Lipinski definition) is 4. The Labute approximate surface area is 114 Å². The molecule has 6 nitrogen and oxygen atoms in total. The first-order valence-corrected chi connectivity index (χ1v) is 8.09. The molecule has 0 aromatic rings. The Morgan fingerprint density at radius 1 is 1.39 bits per heavy atom. The number of carbonyl (C=O) groups is 1. The zero-order chi connectivity index (χ0) is 14.2. The molecule has 106 valence electrons. The van der Waals surface area contributed by atoms with Crippen LogP contribution in [0.3, 0.4) is 0 Å². The van der Waals surface area contributed by atoms with E-state index in [1.807, 2.05) is 6.92 Å². The molecule has 0 saturated heterocycles. The molecule has 1 unspecified atom stereocenters. The van der Waals surface area contributed by atoms with Crippen LogP contribution < -0.4 is 15.8 Å². The predicted octanol–water partition coefficient (Wildman–Crippen LogP) is -0.256. The molecular formula is C10H21N3O3S2. The molecule has 1 amide bonds. The standard InChI is InChI=1S/C10H21N3O3S2/c1-3-5-8(9(11)17)10(14)12-6-4-7-13-18(2,15)16/h8,13H,3-7H2,1-2H3,(H2,11,17)(H,12,14). The van der Waals surface area contributed by atoms with Crippen molar-refractivity contribution in [1.82, 2.24) is 10.0 Å². The van der Waals surface area contributed by atoms with Crippen LogP contribution in [0.2, 0.25) is 0 Å². The Balaban J connectivity index is 3.91. The van der Waals surface area contributed by atoms with Gasteiger partial charge in [-0.15, -0.1) is 0 Å². The molecule has 0 aliphatic carbocycles. The number of thiocarbonyl (C=S) groups is 1. The lowest BCUT2D eigenvalue weighted by Crippen LogP contribution is -2.39. The smallest absolute Gasteiger partial charge is 0.229 e. The van der Waals surface area contributed by atoms with E-state index in [-0.39, 0.29) is 10.9 Å². The second-order valence-electron chi connectivity index (χ2n) is 4.05. The van der Waals surface area contributed by atoms with Crippen LogP contribution in [-0.2, 0) is 14.8 Å². The average molecular weight is 295 g/mol. The minimum atomic E-state index is -3.17. The van der Waals surface area contributed by atoms with Crippen molar-refractivity contribution < 1.29 is 13.2 Å². The number of amides is 1. The van der Waals surface area contributed by atoms with Crippen LogP contribution in [-0.4, -0.2) is 38.7 Å². The fourth-order valence-electron chi connectivity index (χ4n) is 1.37. The molecule has 0 aliphatic heterocycles. The van der Waals surface area contributed by atoms with Crippen molar-refractivity contribution in [3.63, 3.8) is 0 Å². The number of rotatable bonds is 9. The van der Waals surface area contributed by atoms with Gasteiger partial charge in [0.1, 0.15) is 0 Å². The van der Waals surface area contributed by atoms with Crippen molar-refractivity contribution in [3.05, 3.63) is 0 Å². The Kier molecular flexibility index (Phi) is 8.05. The maximum Gasteiger partial charge on any atom is 0.229 e. The monoisotopic (exact) mass is 295 g/mol. The van der Waals surface area contributed by atoms with Crippen molar-refractivity contribution in [3.8, 4) is 0 Å². The van der Waals surface area contributed by atoms with Crippen LogP contribution in [0, 0.1) is 5.92 Å². The van der Waals surface area contributed by atoms with Gasteiger partial charge in [0.15, 0.2) is 0 Å². The third-order valence-electron chi connectivity index (χ3n) is 2.25. The normalized spacial score (nSPS) is 13.0. The molecule has 0 aliphatic rings. The van der Waals surface area contributed by atoms with Gasteiger partial charge in [0.05, 0.1) is 17.2 Å². The van der Waals surface area contributed by atoms with Crippen molar-refractivity contribution in [2.45, 2.75) is 26.2 Å². The number of carbonyl (C=O) groups excluding carboxylic acids is 1. The van der Waals surface area contributed by atoms with Crippen LogP contribution in [0.25, 0.3) is 0 Å². The lowest BCUT2D eigenvalue weighted by Gasteiger charge is -2.14. The van der Waals surface area contributed by atoms with E-state index < -0.39 is 15.9 Å². The van der Waals surface area contributed by atoms with Crippen LogP contribution in [0.5, 0.6) is 0 Å². The van der Waals surface area contributed by atoms with Crippen molar-refractivity contribution in [2.24, 2.45) is 11.7 Å². The van der Waals surface area contributed by atoms with E-state index in [2.05, 4.69) is 10.0 Å². The summed E-state index contributed by atoms with van der Waals surface area (Å²) in [6.45, 7) is 2.64. The molecule has 0 bridgehead atoms. The molecule has 0 aromatic heterocycles. The summed E-state index contributed by atoms with van der Waals surface area (Å²) in [7, 11) is -3.17. The summed E-state index contributed by atoms with van der Waals surface area (Å²) in [5, 5.41) is 2.69. The number of hydrogen-bond donors (Lipinski definition) is 3. The summed E-state index contributed by atoms with van der Waals surface area (Å²) < 4.78 is 23.9. The molecule has 0 spiro atoms. The van der Waals surface area contributed by atoms with E-state index in [9.17, 15) is 13.2 Å². The van der Waals surface area contributed by atoms with Gasteiger partial charge in [0.25, 0.3) is 0 Å². The fourth-order valence-corrected chi connectivity index (χ4v) is 2.11. The first-order chi connectivity index (χ1) is 8.28. The first kappa shape index (κ1) is 17.3. The van der Waals surface area contributed by atoms with Crippen LogP contribution in [0.1, 0.15) is 26.2 Å². The molecule has 0 radical (unpaired) electrons. The molecule has 8 heteroatoms. The molecule has 18 heavy (non-hydrogen) atoms. The number of sulfonamides is 1. The van der Waals surface area contributed by atoms with Crippen LogP contribution in [0.4, 0.5) is 0 Å². The highest BCUT2D eigenvalue weighted by Gasteiger charge is 2.19. The van der Waals surface area contributed by atoms with E-state index in [1.54, 1.807) is 0 Å². The maximum absolute atomic E-state index is 11.7. The number of nitrogens with two attached hydrogens (primary N) is 1. The SMILES string of the molecule is CCCC(C(=O)NCCCNS(C)(=O)=O)C(N)=S. The van der Waals surface area contributed by atoms with Gasteiger partial charge in [-0.1, -0.05) is 25.6 Å². The van der Waals surface area contributed by atoms with Gasteiger partial charge in [0, 0.05) is 13.1 Å². The summed E-state index contributed by atoms with van der Waals surface area (Å²) in [4.78, 5) is 11.9. The topological polar surface area (TPSA) is 101 Å². The minimum absolute atomic E-state index is 0.191. The second kappa shape index (κ2) is 8.39. The summed E-state index contributed by atoms with van der Waals surface area (Å²) in [5.41, 5.74) is 5.49. The molecule has 0 heterocycles. The Bertz CT molecular complexity index is 382. The van der Waals surface area contributed by atoms with Gasteiger partial charge in [0.2, 0.25) is 15.9 Å². The van der Waals surface area contributed by atoms with E-state index >= 15 is 0 Å². The maximum atomic E-state index is 11.7. The van der Waals surface area contributed by atoms with E-state index in [0.29, 0.717) is 25.9 Å². The lowest BCUT2D eigenvalue weighted by atomic mass is 10.0. The molecule has 0 saturated carbocycles. The minimum Gasteiger partial charge on any atom is -0.393 e. The first-order valence-electron chi connectivity index (χ1n) is 5.79. The summed E-state index contributed by atoms with van der Waals surface area (Å²) in [5.74, 6) is -0.628. The average Bonchev–Trinajstić information content (AvgIpc) is 2.23. The molecule has 0 fully saturated rings. The van der Waals surface area contributed by atoms with Gasteiger partial charge in [-0.25, -0.2) is 13.1 Å². The number of nitrogens with one attached hydrogen (secondary N) is 2. The highest BCUT2D eigenvalue weighted by molar-refractivity contribution is 7.88. The zero-order valence-electron chi connectivity index (χ0n) is 10.7. The third kappa shape index (κ3) is 8.37. The van der Waals surface area contributed by atoms with E-state index in [4.69, 9.17) is 18.0 Å². The van der Waals surface area contributed by atoms with E-state index in [0.717, 1.165) is 12.7 Å². The van der Waals surface area contributed by atoms with Crippen molar-refractivity contribution >= 4 is 33.1 Å². The summed E-state index contributed by atoms with van der Waals surface area (Å²) >= 11 is 4.83. The highest BCUT2D eigenvalue weighted by atomic mass is 32.2. The van der Waals surface area contributed by atoms with Gasteiger partial charge in [-0.2, -0.15) is 0 Å². The van der Waals surface area contributed by atoms with Gasteiger partial charge in [-0.3, -0.25) is 4.79 Å². The Hall–Kier alpha value is -0.730. The van der Waals surface area contributed by atoms with Crippen molar-refractivity contribution in [1.29, 1.82) is 0 Å². The Morgan fingerprint density at radius 3 is 2.44 bits per heavy atom. The predicted molar refractivity (Wildman–Crippen MR) is 75.7 cm³/mol. The van der Waals surface area contributed by atoms with Crippen molar-refractivity contribution in [2.75, 3.05) is 19.3 Å². The molecule has 1 atom stereocenters. The largest absolute Gasteiger partial charge is 0.393 e. The summed E-state index contributed by atoms with van der Waals surface area (Å²) in [6, 6.07) is 0. The van der Waals surface area contributed by atoms with Crippen LogP contribution >= 0.6 is 12.2 Å². The van der Waals surface area contributed by atoms with Gasteiger partial charge < -0.3 is 11.1 Å². The highest BCUT2D eigenvalue weighted by Crippen LogP contribution is 2.06. The quantitative estimate of drug-likeness (QED) is 0.402. The molecule has 4 N–H and O–H groups in total.